The van der Waals surface area contributed by atoms with E-state index in [0.717, 1.165) is 18.7 Å². The molecule has 0 bridgehead atoms. The molecule has 2 heteroatoms. The maximum atomic E-state index is 5.40. The number of benzene rings is 3. The van der Waals surface area contributed by atoms with Crippen molar-refractivity contribution >= 4 is 11.4 Å². The molecule has 0 atom stereocenters. The van der Waals surface area contributed by atoms with Crippen molar-refractivity contribution in [1.82, 2.24) is 0 Å². The summed E-state index contributed by atoms with van der Waals surface area (Å²) in [7, 11) is 1.72. The van der Waals surface area contributed by atoms with E-state index in [1.54, 1.807) is 7.11 Å². The lowest BCUT2D eigenvalue weighted by molar-refractivity contribution is 0.414. The number of methoxy groups -OCH3 is 1. The fourth-order valence-corrected chi connectivity index (χ4v) is 3.29. The molecule has 0 amide bonds. The number of ether oxygens (including phenoxy) is 1. The van der Waals surface area contributed by atoms with E-state index in [2.05, 4.69) is 71.6 Å². The normalized spacial score (nSPS) is 12.5. The molecule has 0 spiro atoms. The largest absolute Gasteiger partial charge is 0.497 e. The smallest absolute Gasteiger partial charge is 0.119 e. The maximum absolute atomic E-state index is 5.40. The lowest BCUT2D eigenvalue weighted by Gasteiger charge is -2.33. The number of hydrogen-bond donors (Lipinski definition) is 0. The van der Waals surface area contributed by atoms with Crippen molar-refractivity contribution in [3.05, 3.63) is 89.5 Å². The number of anilines is 2. The standard InChI is InChI=1S/C21H19NO/c1-23-19-11-12-21-18(14-19)13-17-9-5-6-10-20(17)22(21)15-16-7-3-2-4-8-16/h2-12,14H,13,15H2,1H3. The molecule has 1 heterocycles. The Morgan fingerprint density at radius 2 is 1.57 bits per heavy atom. The van der Waals surface area contributed by atoms with E-state index < -0.39 is 0 Å². The van der Waals surface area contributed by atoms with Crippen molar-refractivity contribution in [1.29, 1.82) is 0 Å². The second-order valence-corrected chi connectivity index (χ2v) is 5.87. The van der Waals surface area contributed by atoms with Gasteiger partial charge in [0.2, 0.25) is 0 Å². The molecule has 1 aliphatic rings. The molecule has 1 aliphatic heterocycles. The third-order valence-electron chi connectivity index (χ3n) is 4.42. The zero-order valence-corrected chi connectivity index (χ0v) is 13.2. The third-order valence-corrected chi connectivity index (χ3v) is 4.42. The summed E-state index contributed by atoms with van der Waals surface area (Å²) < 4.78 is 5.40. The first-order chi connectivity index (χ1) is 11.3. The van der Waals surface area contributed by atoms with E-state index in [1.807, 2.05) is 6.07 Å². The van der Waals surface area contributed by atoms with Gasteiger partial charge >= 0.3 is 0 Å². The summed E-state index contributed by atoms with van der Waals surface area (Å²) in [5, 5.41) is 0. The molecular formula is C21H19NO. The van der Waals surface area contributed by atoms with Gasteiger partial charge in [-0.25, -0.2) is 0 Å². The highest BCUT2D eigenvalue weighted by atomic mass is 16.5. The molecule has 114 valence electrons. The summed E-state index contributed by atoms with van der Waals surface area (Å²) in [6.07, 6.45) is 0.952. The molecular weight excluding hydrogens is 282 g/mol. The molecule has 2 nitrogen and oxygen atoms in total. The van der Waals surface area contributed by atoms with E-state index in [4.69, 9.17) is 4.74 Å². The van der Waals surface area contributed by atoms with Crippen molar-refractivity contribution in [3.8, 4) is 5.75 Å². The van der Waals surface area contributed by atoms with E-state index in [1.165, 1.54) is 28.1 Å². The second-order valence-electron chi connectivity index (χ2n) is 5.87. The second kappa shape index (κ2) is 5.81. The summed E-state index contributed by atoms with van der Waals surface area (Å²) in [6.45, 7) is 0.872. The zero-order chi connectivity index (χ0) is 15.6. The summed E-state index contributed by atoms with van der Waals surface area (Å²) in [5.74, 6) is 0.919. The van der Waals surface area contributed by atoms with Gasteiger partial charge in [-0.1, -0.05) is 48.5 Å². The first-order valence-electron chi connectivity index (χ1n) is 7.91. The molecule has 0 fully saturated rings. The summed E-state index contributed by atoms with van der Waals surface area (Å²) in [4.78, 5) is 2.41. The molecule has 4 rings (SSSR count). The zero-order valence-electron chi connectivity index (χ0n) is 13.2. The van der Waals surface area contributed by atoms with Crippen LogP contribution >= 0.6 is 0 Å². The van der Waals surface area contributed by atoms with Crippen LogP contribution in [0.15, 0.2) is 72.8 Å². The van der Waals surface area contributed by atoms with E-state index in [-0.39, 0.29) is 0 Å². The predicted molar refractivity (Wildman–Crippen MR) is 94.5 cm³/mol. The van der Waals surface area contributed by atoms with Crippen molar-refractivity contribution in [2.45, 2.75) is 13.0 Å². The van der Waals surface area contributed by atoms with Crippen LogP contribution in [0, 0.1) is 0 Å². The van der Waals surface area contributed by atoms with Crippen LogP contribution in [0.5, 0.6) is 5.75 Å². The van der Waals surface area contributed by atoms with Crippen molar-refractivity contribution in [2.75, 3.05) is 12.0 Å². The van der Waals surface area contributed by atoms with Crippen LogP contribution in [0.25, 0.3) is 0 Å². The molecule has 0 unspecified atom stereocenters. The minimum atomic E-state index is 0.872. The monoisotopic (exact) mass is 301 g/mol. The fraction of sp³-hybridized carbons (Fsp3) is 0.143. The van der Waals surface area contributed by atoms with E-state index in [0.29, 0.717) is 0 Å². The first kappa shape index (κ1) is 13.9. The van der Waals surface area contributed by atoms with Gasteiger partial charge in [0.05, 0.1) is 7.11 Å². The highest BCUT2D eigenvalue weighted by molar-refractivity contribution is 5.75. The molecule has 0 radical (unpaired) electrons. The van der Waals surface area contributed by atoms with Gasteiger partial charge < -0.3 is 9.64 Å². The Kier molecular flexibility index (Phi) is 3.51. The highest BCUT2D eigenvalue weighted by Gasteiger charge is 2.22. The van der Waals surface area contributed by atoms with Crippen molar-refractivity contribution in [3.63, 3.8) is 0 Å². The average molecular weight is 301 g/mol. The van der Waals surface area contributed by atoms with Crippen LogP contribution in [-0.2, 0) is 13.0 Å². The Balaban J connectivity index is 1.81. The van der Waals surface area contributed by atoms with Gasteiger partial charge in [0.15, 0.2) is 0 Å². The van der Waals surface area contributed by atoms with Crippen LogP contribution in [0.2, 0.25) is 0 Å². The molecule has 0 aliphatic carbocycles. The molecule has 0 saturated carbocycles. The van der Waals surface area contributed by atoms with Crippen LogP contribution in [0.3, 0.4) is 0 Å². The Morgan fingerprint density at radius 3 is 2.39 bits per heavy atom. The summed E-state index contributed by atoms with van der Waals surface area (Å²) >= 11 is 0. The Labute approximate surface area is 137 Å². The fourth-order valence-electron chi connectivity index (χ4n) is 3.29. The molecule has 3 aromatic carbocycles. The maximum Gasteiger partial charge on any atom is 0.119 e. The minimum Gasteiger partial charge on any atom is -0.497 e. The lowest BCUT2D eigenvalue weighted by atomic mass is 9.95. The molecule has 0 saturated heterocycles. The SMILES string of the molecule is COc1ccc2c(c1)Cc1ccccc1N2Cc1ccccc1. The number of nitrogens with zero attached hydrogens (tertiary/aromatic N) is 1. The Morgan fingerprint density at radius 1 is 0.826 bits per heavy atom. The van der Waals surface area contributed by atoms with Crippen LogP contribution in [0.1, 0.15) is 16.7 Å². The quantitative estimate of drug-likeness (QED) is 0.679. The molecule has 23 heavy (non-hydrogen) atoms. The third kappa shape index (κ3) is 2.57. The molecule has 0 N–H and O–H groups in total. The average Bonchev–Trinajstić information content (AvgIpc) is 2.62. The van der Waals surface area contributed by atoms with Crippen LogP contribution in [-0.4, -0.2) is 7.11 Å². The number of fused-ring (bicyclic) bond motifs is 2. The van der Waals surface area contributed by atoms with E-state index in [9.17, 15) is 0 Å². The van der Waals surface area contributed by atoms with Crippen molar-refractivity contribution in [2.24, 2.45) is 0 Å². The topological polar surface area (TPSA) is 12.5 Å². The van der Waals surface area contributed by atoms with Gasteiger partial charge in [-0.3, -0.25) is 0 Å². The van der Waals surface area contributed by atoms with Gasteiger partial charge in [0.1, 0.15) is 5.75 Å². The van der Waals surface area contributed by atoms with Crippen LogP contribution in [0.4, 0.5) is 11.4 Å². The Hall–Kier alpha value is -2.74. The molecule has 3 aromatic rings. The summed E-state index contributed by atoms with van der Waals surface area (Å²) in [6, 6.07) is 25.7. The van der Waals surface area contributed by atoms with Gasteiger partial charge in [-0.05, 0) is 41.0 Å². The lowest BCUT2D eigenvalue weighted by Crippen LogP contribution is -2.23. The summed E-state index contributed by atoms with van der Waals surface area (Å²) in [5.41, 5.74) is 6.57. The van der Waals surface area contributed by atoms with Crippen molar-refractivity contribution < 1.29 is 4.74 Å². The number of para-hydroxylation sites is 1. The van der Waals surface area contributed by atoms with E-state index >= 15 is 0 Å². The predicted octanol–water partition coefficient (Wildman–Crippen LogP) is 4.94. The van der Waals surface area contributed by atoms with Gasteiger partial charge in [0, 0.05) is 24.3 Å². The first-order valence-corrected chi connectivity index (χ1v) is 7.91. The van der Waals surface area contributed by atoms with Gasteiger partial charge in [0.25, 0.3) is 0 Å². The number of hydrogen-bond acceptors (Lipinski definition) is 2. The van der Waals surface area contributed by atoms with Gasteiger partial charge in [-0.15, -0.1) is 0 Å². The van der Waals surface area contributed by atoms with Gasteiger partial charge in [-0.2, -0.15) is 0 Å². The number of rotatable bonds is 3. The molecule has 0 aromatic heterocycles. The Bertz CT molecular complexity index is 826. The highest BCUT2D eigenvalue weighted by Crippen LogP contribution is 2.40. The minimum absolute atomic E-state index is 0.872. The van der Waals surface area contributed by atoms with Crippen LogP contribution < -0.4 is 9.64 Å².